The van der Waals surface area contributed by atoms with E-state index in [9.17, 15) is 4.39 Å². The summed E-state index contributed by atoms with van der Waals surface area (Å²) in [6, 6.07) is 18.8. The monoisotopic (exact) mass is 347 g/mol. The molecule has 1 aliphatic heterocycles. The van der Waals surface area contributed by atoms with Gasteiger partial charge in [-0.15, -0.1) is 0 Å². The van der Waals surface area contributed by atoms with E-state index >= 15 is 0 Å². The highest BCUT2D eigenvalue weighted by molar-refractivity contribution is 5.59. The molecule has 26 heavy (non-hydrogen) atoms. The molecule has 1 saturated heterocycles. The predicted octanol–water partition coefficient (Wildman–Crippen LogP) is 4.66. The lowest BCUT2D eigenvalue weighted by molar-refractivity contribution is 0.196. The standard InChI is InChI=1S/C22H22FN3/c23-19-8-3-6-17(14-19)21-10-4-11-22(25-21)18-7-5-13-26(15-18)16-20-9-1-2-12-24-20/h1-4,6,8-12,14,18H,5,7,13,15-16H2/t18-/m1/s1. The van der Waals surface area contributed by atoms with Crippen molar-refractivity contribution in [1.82, 2.24) is 14.9 Å². The van der Waals surface area contributed by atoms with E-state index in [4.69, 9.17) is 4.98 Å². The molecule has 0 saturated carbocycles. The minimum atomic E-state index is -0.228. The van der Waals surface area contributed by atoms with E-state index < -0.39 is 0 Å². The van der Waals surface area contributed by atoms with Crippen LogP contribution < -0.4 is 0 Å². The minimum Gasteiger partial charge on any atom is -0.297 e. The highest BCUT2D eigenvalue weighted by atomic mass is 19.1. The molecule has 0 N–H and O–H groups in total. The molecule has 0 aliphatic carbocycles. The average molecular weight is 347 g/mol. The molecule has 3 nitrogen and oxygen atoms in total. The summed E-state index contributed by atoms with van der Waals surface area (Å²) in [5.74, 6) is 0.176. The SMILES string of the molecule is Fc1cccc(-c2cccc([C@@H]3CCCN(Cc4ccccn4)C3)n2)c1. The van der Waals surface area contributed by atoms with Crippen molar-refractivity contribution in [2.45, 2.75) is 25.3 Å². The molecule has 2 aromatic heterocycles. The van der Waals surface area contributed by atoms with Crippen LogP contribution in [0, 0.1) is 5.82 Å². The molecule has 1 fully saturated rings. The van der Waals surface area contributed by atoms with Crippen molar-refractivity contribution in [2.75, 3.05) is 13.1 Å². The third-order valence-electron chi connectivity index (χ3n) is 4.93. The summed E-state index contributed by atoms with van der Waals surface area (Å²) >= 11 is 0. The molecule has 0 unspecified atom stereocenters. The van der Waals surface area contributed by atoms with Crippen molar-refractivity contribution in [2.24, 2.45) is 0 Å². The van der Waals surface area contributed by atoms with Crippen LogP contribution in [-0.2, 0) is 6.54 Å². The average Bonchev–Trinajstić information content (AvgIpc) is 2.69. The third kappa shape index (κ3) is 3.97. The largest absolute Gasteiger partial charge is 0.297 e. The van der Waals surface area contributed by atoms with Crippen molar-refractivity contribution in [3.8, 4) is 11.3 Å². The van der Waals surface area contributed by atoms with E-state index in [1.165, 1.54) is 6.07 Å². The molecule has 0 radical (unpaired) electrons. The van der Waals surface area contributed by atoms with Gasteiger partial charge in [-0.1, -0.05) is 24.3 Å². The van der Waals surface area contributed by atoms with E-state index in [1.807, 2.05) is 36.5 Å². The second-order valence-electron chi connectivity index (χ2n) is 6.85. The molecular weight excluding hydrogens is 325 g/mol. The van der Waals surface area contributed by atoms with Crippen molar-refractivity contribution in [1.29, 1.82) is 0 Å². The van der Waals surface area contributed by atoms with Crippen LogP contribution in [0.1, 0.15) is 30.1 Å². The summed E-state index contributed by atoms with van der Waals surface area (Å²) in [5.41, 5.74) is 3.86. The van der Waals surface area contributed by atoms with Crippen LogP contribution in [0.3, 0.4) is 0 Å². The quantitative estimate of drug-likeness (QED) is 0.687. The number of benzene rings is 1. The van der Waals surface area contributed by atoms with Crippen molar-refractivity contribution >= 4 is 0 Å². The molecule has 3 aromatic rings. The third-order valence-corrected chi connectivity index (χ3v) is 4.93. The lowest BCUT2D eigenvalue weighted by Crippen LogP contribution is -2.34. The van der Waals surface area contributed by atoms with Crippen LogP contribution >= 0.6 is 0 Å². The minimum absolute atomic E-state index is 0.228. The summed E-state index contributed by atoms with van der Waals surface area (Å²) < 4.78 is 13.5. The Labute approximate surface area is 153 Å². The zero-order chi connectivity index (χ0) is 17.8. The number of hydrogen-bond donors (Lipinski definition) is 0. The summed E-state index contributed by atoms with van der Waals surface area (Å²) in [6.45, 7) is 2.95. The number of halogens is 1. The zero-order valence-electron chi connectivity index (χ0n) is 14.7. The van der Waals surface area contributed by atoms with E-state index in [0.29, 0.717) is 5.92 Å². The molecule has 4 heteroatoms. The Morgan fingerprint density at radius 2 is 1.96 bits per heavy atom. The Balaban J connectivity index is 1.51. The first-order valence-electron chi connectivity index (χ1n) is 9.13. The first-order chi connectivity index (χ1) is 12.8. The normalized spacial score (nSPS) is 18.0. The Bertz CT molecular complexity index is 866. The fourth-order valence-electron chi connectivity index (χ4n) is 3.65. The van der Waals surface area contributed by atoms with E-state index in [-0.39, 0.29) is 5.82 Å². The molecule has 0 bridgehead atoms. The van der Waals surface area contributed by atoms with Crippen LogP contribution in [0.2, 0.25) is 0 Å². The summed E-state index contributed by atoms with van der Waals surface area (Å²) in [4.78, 5) is 11.7. The van der Waals surface area contributed by atoms with Gasteiger partial charge in [0.1, 0.15) is 5.82 Å². The molecule has 0 spiro atoms. The van der Waals surface area contributed by atoms with Crippen molar-refractivity contribution < 1.29 is 4.39 Å². The summed E-state index contributed by atoms with van der Waals surface area (Å²) in [6.07, 6.45) is 4.14. The van der Waals surface area contributed by atoms with E-state index in [2.05, 4.69) is 22.0 Å². The summed E-state index contributed by atoms with van der Waals surface area (Å²) in [5, 5.41) is 0. The van der Waals surface area contributed by atoms with Crippen LogP contribution in [0.15, 0.2) is 66.9 Å². The molecule has 1 aliphatic rings. The number of rotatable bonds is 4. The van der Waals surface area contributed by atoms with Gasteiger partial charge < -0.3 is 0 Å². The predicted molar refractivity (Wildman–Crippen MR) is 101 cm³/mol. The molecule has 1 atom stereocenters. The van der Waals surface area contributed by atoms with Gasteiger partial charge in [0.05, 0.1) is 11.4 Å². The Morgan fingerprint density at radius 1 is 1.04 bits per heavy atom. The van der Waals surface area contributed by atoms with Gasteiger partial charge in [0, 0.05) is 36.5 Å². The maximum atomic E-state index is 13.5. The van der Waals surface area contributed by atoms with Gasteiger partial charge in [-0.2, -0.15) is 0 Å². The molecule has 0 amide bonds. The topological polar surface area (TPSA) is 29.0 Å². The first-order valence-corrected chi connectivity index (χ1v) is 9.13. The van der Waals surface area contributed by atoms with Gasteiger partial charge in [0.2, 0.25) is 0 Å². The lowest BCUT2D eigenvalue weighted by atomic mass is 9.93. The van der Waals surface area contributed by atoms with E-state index in [0.717, 1.165) is 55.1 Å². The van der Waals surface area contributed by atoms with Gasteiger partial charge in [-0.05, 0) is 55.8 Å². The number of piperidine rings is 1. The smallest absolute Gasteiger partial charge is 0.123 e. The molecular formula is C22H22FN3. The van der Waals surface area contributed by atoms with Crippen LogP contribution in [0.4, 0.5) is 4.39 Å². The second-order valence-corrected chi connectivity index (χ2v) is 6.85. The Kier molecular flexibility index (Phi) is 5.02. The van der Waals surface area contributed by atoms with Crippen molar-refractivity contribution in [3.63, 3.8) is 0 Å². The molecule has 1 aromatic carbocycles. The van der Waals surface area contributed by atoms with E-state index in [1.54, 1.807) is 12.1 Å². The van der Waals surface area contributed by atoms with Gasteiger partial charge in [0.25, 0.3) is 0 Å². The number of pyridine rings is 2. The Hall–Kier alpha value is -2.59. The maximum Gasteiger partial charge on any atom is 0.123 e. The number of likely N-dealkylation sites (tertiary alicyclic amines) is 1. The second kappa shape index (κ2) is 7.75. The molecule has 132 valence electrons. The number of nitrogens with zero attached hydrogens (tertiary/aromatic N) is 3. The highest BCUT2D eigenvalue weighted by Crippen LogP contribution is 2.28. The first kappa shape index (κ1) is 16.9. The van der Waals surface area contributed by atoms with Gasteiger partial charge >= 0.3 is 0 Å². The molecule has 4 rings (SSSR count). The van der Waals surface area contributed by atoms with Gasteiger partial charge in [-0.25, -0.2) is 4.39 Å². The zero-order valence-corrected chi connectivity index (χ0v) is 14.7. The number of hydrogen-bond acceptors (Lipinski definition) is 3. The van der Waals surface area contributed by atoms with Gasteiger partial charge in [-0.3, -0.25) is 14.9 Å². The van der Waals surface area contributed by atoms with Gasteiger partial charge in [0.15, 0.2) is 0 Å². The highest BCUT2D eigenvalue weighted by Gasteiger charge is 2.23. The number of aromatic nitrogens is 2. The lowest BCUT2D eigenvalue weighted by Gasteiger charge is -2.32. The van der Waals surface area contributed by atoms with Crippen LogP contribution in [-0.4, -0.2) is 28.0 Å². The fraction of sp³-hybridized carbons (Fsp3) is 0.273. The Morgan fingerprint density at radius 3 is 2.81 bits per heavy atom. The van der Waals surface area contributed by atoms with Crippen molar-refractivity contribution in [3.05, 3.63) is 84.1 Å². The maximum absolute atomic E-state index is 13.5. The van der Waals surface area contributed by atoms with Crippen LogP contribution in [0.5, 0.6) is 0 Å². The summed E-state index contributed by atoms with van der Waals surface area (Å²) in [7, 11) is 0. The fourth-order valence-corrected chi connectivity index (χ4v) is 3.65. The molecule has 3 heterocycles. The van der Waals surface area contributed by atoms with Crippen LogP contribution in [0.25, 0.3) is 11.3 Å².